The number of nitrogens with zero attached hydrogens (tertiary/aromatic N) is 1. The summed E-state index contributed by atoms with van der Waals surface area (Å²) in [5.41, 5.74) is 1.25. The van der Waals surface area contributed by atoms with Crippen LogP contribution in [-0.2, 0) is 0 Å². The molecule has 1 heterocycles. The predicted molar refractivity (Wildman–Crippen MR) is 79.8 cm³/mol. The largest absolute Gasteiger partial charge is 0.492 e. The summed E-state index contributed by atoms with van der Waals surface area (Å²) in [7, 11) is 0. The minimum Gasteiger partial charge on any atom is -0.492 e. The Bertz CT molecular complexity index is 375. The van der Waals surface area contributed by atoms with E-state index in [0.29, 0.717) is 6.04 Å². The van der Waals surface area contributed by atoms with Gasteiger partial charge < -0.3 is 10.1 Å². The number of nitrogens with one attached hydrogen (secondary N) is 1. The number of likely N-dealkylation sites (N-methyl/N-ethyl adjacent to an activating group) is 1. The zero-order chi connectivity index (χ0) is 13.5. The van der Waals surface area contributed by atoms with Crippen molar-refractivity contribution in [3.05, 3.63) is 29.8 Å². The van der Waals surface area contributed by atoms with Crippen LogP contribution in [0.4, 0.5) is 0 Å². The van der Waals surface area contributed by atoms with E-state index in [0.717, 1.165) is 32.0 Å². The van der Waals surface area contributed by atoms with Gasteiger partial charge in [0.2, 0.25) is 0 Å². The SMILES string of the molecule is CCN(CCOc1cccc(C)c1)C1CCCNC1. The van der Waals surface area contributed by atoms with Crippen LogP contribution >= 0.6 is 0 Å². The lowest BCUT2D eigenvalue weighted by Crippen LogP contribution is -2.47. The molecule has 1 aromatic rings. The maximum absolute atomic E-state index is 5.85. The second-order valence-electron chi connectivity index (χ2n) is 5.29. The number of piperidine rings is 1. The number of hydrogen-bond donors (Lipinski definition) is 1. The number of ether oxygens (including phenoxy) is 1. The fourth-order valence-corrected chi connectivity index (χ4v) is 2.73. The summed E-state index contributed by atoms with van der Waals surface area (Å²) in [6.45, 7) is 9.51. The molecular weight excluding hydrogens is 236 g/mol. The molecule has 0 radical (unpaired) electrons. The molecule has 1 N–H and O–H groups in total. The van der Waals surface area contributed by atoms with E-state index in [2.05, 4.69) is 36.2 Å². The maximum Gasteiger partial charge on any atom is 0.119 e. The van der Waals surface area contributed by atoms with Crippen molar-refractivity contribution in [1.82, 2.24) is 10.2 Å². The molecule has 2 rings (SSSR count). The van der Waals surface area contributed by atoms with Crippen molar-refractivity contribution in [1.29, 1.82) is 0 Å². The average molecular weight is 262 g/mol. The van der Waals surface area contributed by atoms with Gasteiger partial charge in [0, 0.05) is 19.1 Å². The molecule has 1 fully saturated rings. The number of rotatable bonds is 6. The third-order valence-electron chi connectivity index (χ3n) is 3.83. The molecule has 1 aliphatic heterocycles. The molecule has 1 aliphatic rings. The third kappa shape index (κ3) is 4.51. The molecule has 0 amide bonds. The Hall–Kier alpha value is -1.06. The highest BCUT2D eigenvalue weighted by Crippen LogP contribution is 2.13. The van der Waals surface area contributed by atoms with Crippen molar-refractivity contribution in [2.45, 2.75) is 32.7 Å². The van der Waals surface area contributed by atoms with Crippen LogP contribution < -0.4 is 10.1 Å². The lowest BCUT2D eigenvalue weighted by atomic mass is 10.1. The molecule has 0 bridgehead atoms. The summed E-state index contributed by atoms with van der Waals surface area (Å²) in [4.78, 5) is 2.53. The quantitative estimate of drug-likeness (QED) is 0.852. The van der Waals surface area contributed by atoms with Crippen LogP contribution in [-0.4, -0.2) is 43.7 Å². The van der Waals surface area contributed by atoms with Crippen molar-refractivity contribution in [3.8, 4) is 5.75 Å². The van der Waals surface area contributed by atoms with Gasteiger partial charge >= 0.3 is 0 Å². The molecule has 1 aromatic carbocycles. The minimum absolute atomic E-state index is 0.680. The summed E-state index contributed by atoms with van der Waals surface area (Å²) >= 11 is 0. The number of benzene rings is 1. The van der Waals surface area contributed by atoms with Crippen molar-refractivity contribution < 1.29 is 4.74 Å². The van der Waals surface area contributed by atoms with Crippen LogP contribution in [0.2, 0.25) is 0 Å². The smallest absolute Gasteiger partial charge is 0.119 e. The standard InChI is InChI=1S/C16H26N2O/c1-3-18(15-7-5-9-17-13-15)10-11-19-16-8-4-6-14(2)12-16/h4,6,8,12,15,17H,3,5,7,9-11,13H2,1-2H3. The molecule has 0 aliphatic carbocycles. The molecule has 1 atom stereocenters. The van der Waals surface area contributed by atoms with Crippen molar-refractivity contribution in [2.24, 2.45) is 0 Å². The molecule has 3 nitrogen and oxygen atoms in total. The Morgan fingerprint density at radius 3 is 3.00 bits per heavy atom. The number of aryl methyl sites for hydroxylation is 1. The first-order chi connectivity index (χ1) is 9.29. The van der Waals surface area contributed by atoms with Gasteiger partial charge in [0.1, 0.15) is 12.4 Å². The maximum atomic E-state index is 5.85. The van der Waals surface area contributed by atoms with E-state index in [1.54, 1.807) is 0 Å². The summed E-state index contributed by atoms with van der Waals surface area (Å²) in [5, 5.41) is 3.48. The Morgan fingerprint density at radius 2 is 2.32 bits per heavy atom. The monoisotopic (exact) mass is 262 g/mol. The van der Waals surface area contributed by atoms with Crippen LogP contribution in [0.25, 0.3) is 0 Å². The van der Waals surface area contributed by atoms with Crippen LogP contribution in [0.5, 0.6) is 5.75 Å². The summed E-state index contributed by atoms with van der Waals surface area (Å²) < 4.78 is 5.85. The highest BCUT2D eigenvalue weighted by Gasteiger charge is 2.19. The molecular formula is C16H26N2O. The van der Waals surface area contributed by atoms with E-state index < -0.39 is 0 Å². The van der Waals surface area contributed by atoms with E-state index in [1.807, 2.05) is 12.1 Å². The van der Waals surface area contributed by atoms with Crippen molar-refractivity contribution in [3.63, 3.8) is 0 Å². The van der Waals surface area contributed by atoms with Gasteiger partial charge in [-0.25, -0.2) is 0 Å². The van der Waals surface area contributed by atoms with Gasteiger partial charge in [-0.2, -0.15) is 0 Å². The lowest BCUT2D eigenvalue weighted by molar-refractivity contribution is 0.144. The third-order valence-corrected chi connectivity index (χ3v) is 3.83. The molecule has 1 unspecified atom stereocenters. The van der Waals surface area contributed by atoms with Crippen molar-refractivity contribution in [2.75, 3.05) is 32.8 Å². The average Bonchev–Trinajstić information content (AvgIpc) is 2.45. The summed E-state index contributed by atoms with van der Waals surface area (Å²) in [6.07, 6.45) is 2.60. The van der Waals surface area contributed by atoms with E-state index in [1.165, 1.54) is 24.9 Å². The predicted octanol–water partition coefficient (Wildman–Crippen LogP) is 2.45. The Labute approximate surface area is 116 Å². The van der Waals surface area contributed by atoms with Gasteiger partial charge in [-0.3, -0.25) is 4.90 Å². The second kappa shape index (κ2) is 7.51. The van der Waals surface area contributed by atoms with Gasteiger partial charge in [-0.15, -0.1) is 0 Å². The Kier molecular flexibility index (Phi) is 5.67. The van der Waals surface area contributed by atoms with E-state index in [9.17, 15) is 0 Å². The van der Waals surface area contributed by atoms with Crippen LogP contribution in [0.15, 0.2) is 24.3 Å². The van der Waals surface area contributed by atoms with Gasteiger partial charge in [0.25, 0.3) is 0 Å². The van der Waals surface area contributed by atoms with E-state index in [-0.39, 0.29) is 0 Å². The fourth-order valence-electron chi connectivity index (χ4n) is 2.73. The molecule has 1 saturated heterocycles. The topological polar surface area (TPSA) is 24.5 Å². The van der Waals surface area contributed by atoms with Crippen LogP contribution in [0, 0.1) is 6.92 Å². The normalized spacial score (nSPS) is 19.6. The second-order valence-corrected chi connectivity index (χ2v) is 5.29. The van der Waals surface area contributed by atoms with Crippen LogP contribution in [0.1, 0.15) is 25.3 Å². The van der Waals surface area contributed by atoms with Gasteiger partial charge in [0.15, 0.2) is 0 Å². The molecule has 3 heteroatoms. The summed E-state index contributed by atoms with van der Waals surface area (Å²) in [5.74, 6) is 0.984. The summed E-state index contributed by atoms with van der Waals surface area (Å²) in [6, 6.07) is 8.95. The highest BCUT2D eigenvalue weighted by molar-refractivity contribution is 5.27. The first-order valence-corrected chi connectivity index (χ1v) is 7.44. The Morgan fingerprint density at radius 1 is 1.42 bits per heavy atom. The van der Waals surface area contributed by atoms with Gasteiger partial charge in [-0.05, 0) is 50.6 Å². The van der Waals surface area contributed by atoms with Gasteiger partial charge in [0.05, 0.1) is 0 Å². The fraction of sp³-hybridized carbons (Fsp3) is 0.625. The van der Waals surface area contributed by atoms with Crippen LogP contribution in [0.3, 0.4) is 0 Å². The molecule has 0 aromatic heterocycles. The van der Waals surface area contributed by atoms with E-state index in [4.69, 9.17) is 4.74 Å². The lowest BCUT2D eigenvalue weighted by Gasteiger charge is -2.33. The highest BCUT2D eigenvalue weighted by atomic mass is 16.5. The molecule has 0 spiro atoms. The molecule has 106 valence electrons. The molecule has 19 heavy (non-hydrogen) atoms. The zero-order valence-corrected chi connectivity index (χ0v) is 12.2. The van der Waals surface area contributed by atoms with E-state index >= 15 is 0 Å². The first-order valence-electron chi connectivity index (χ1n) is 7.44. The Balaban J connectivity index is 1.76. The van der Waals surface area contributed by atoms with Gasteiger partial charge in [-0.1, -0.05) is 19.1 Å². The van der Waals surface area contributed by atoms with Crippen molar-refractivity contribution >= 4 is 0 Å². The molecule has 0 saturated carbocycles. The minimum atomic E-state index is 0.680. The number of hydrogen-bond acceptors (Lipinski definition) is 3. The first kappa shape index (κ1) is 14.4. The zero-order valence-electron chi connectivity index (χ0n) is 12.2.